The number of para-hydroxylation sites is 1. The Morgan fingerprint density at radius 2 is 2.10 bits per heavy atom. The summed E-state index contributed by atoms with van der Waals surface area (Å²) in [6.45, 7) is 4.66. The van der Waals surface area contributed by atoms with Gasteiger partial charge in [-0.25, -0.2) is 4.98 Å². The Kier molecular flexibility index (Phi) is 5.95. The van der Waals surface area contributed by atoms with E-state index in [0.717, 1.165) is 30.0 Å². The Balaban J connectivity index is 1.70. The van der Waals surface area contributed by atoms with Gasteiger partial charge in [0.2, 0.25) is 5.91 Å². The average molecular weight is 291 g/mol. The standard InChI is InChI=1S/C15H21N3OS/c1-2-9-16-10-11-17-14(19)7-8-15-18-12-5-3-4-6-13(12)20-15/h3-6,16H,2,7-11H2,1H3,(H,17,19). The third-order valence-electron chi connectivity index (χ3n) is 2.95. The van der Waals surface area contributed by atoms with Crippen LogP contribution in [0.1, 0.15) is 24.8 Å². The molecule has 4 nitrogen and oxygen atoms in total. The van der Waals surface area contributed by atoms with Crippen molar-refractivity contribution in [2.24, 2.45) is 0 Å². The highest BCUT2D eigenvalue weighted by Crippen LogP contribution is 2.22. The second-order valence-electron chi connectivity index (χ2n) is 4.68. The number of nitrogens with zero attached hydrogens (tertiary/aromatic N) is 1. The van der Waals surface area contributed by atoms with Gasteiger partial charge in [-0.05, 0) is 25.1 Å². The molecule has 0 fully saturated rings. The maximum Gasteiger partial charge on any atom is 0.220 e. The Morgan fingerprint density at radius 1 is 1.25 bits per heavy atom. The largest absolute Gasteiger partial charge is 0.355 e. The van der Waals surface area contributed by atoms with Crippen LogP contribution in [0.25, 0.3) is 10.2 Å². The minimum atomic E-state index is 0.0996. The van der Waals surface area contributed by atoms with E-state index < -0.39 is 0 Å². The lowest BCUT2D eigenvalue weighted by molar-refractivity contribution is -0.121. The van der Waals surface area contributed by atoms with Gasteiger partial charge in [0.05, 0.1) is 15.2 Å². The quantitative estimate of drug-likeness (QED) is 0.734. The normalized spacial score (nSPS) is 10.8. The number of fused-ring (bicyclic) bond motifs is 1. The second kappa shape index (κ2) is 7.97. The fourth-order valence-electron chi connectivity index (χ4n) is 1.93. The minimum absolute atomic E-state index is 0.0996. The molecule has 0 saturated carbocycles. The fraction of sp³-hybridized carbons (Fsp3) is 0.467. The van der Waals surface area contributed by atoms with Crippen molar-refractivity contribution in [2.75, 3.05) is 19.6 Å². The van der Waals surface area contributed by atoms with Crippen LogP contribution in [0, 0.1) is 0 Å². The zero-order chi connectivity index (χ0) is 14.2. The molecule has 0 radical (unpaired) electrons. The smallest absolute Gasteiger partial charge is 0.220 e. The first-order valence-electron chi connectivity index (χ1n) is 7.11. The van der Waals surface area contributed by atoms with E-state index in [-0.39, 0.29) is 5.91 Å². The average Bonchev–Trinajstić information content (AvgIpc) is 2.88. The summed E-state index contributed by atoms with van der Waals surface area (Å²) in [5, 5.41) is 7.21. The summed E-state index contributed by atoms with van der Waals surface area (Å²) >= 11 is 1.67. The lowest BCUT2D eigenvalue weighted by Crippen LogP contribution is -2.32. The highest BCUT2D eigenvalue weighted by Gasteiger charge is 2.06. The summed E-state index contributed by atoms with van der Waals surface area (Å²) in [6, 6.07) is 8.08. The van der Waals surface area contributed by atoms with Gasteiger partial charge in [-0.3, -0.25) is 4.79 Å². The van der Waals surface area contributed by atoms with Crippen LogP contribution < -0.4 is 10.6 Å². The molecule has 0 aliphatic heterocycles. The molecule has 5 heteroatoms. The number of carbonyl (C=O) groups excluding carboxylic acids is 1. The molecule has 2 N–H and O–H groups in total. The topological polar surface area (TPSA) is 54.0 Å². The number of aromatic nitrogens is 1. The number of amides is 1. The Labute approximate surface area is 123 Å². The van der Waals surface area contributed by atoms with Crippen LogP contribution in [-0.4, -0.2) is 30.5 Å². The molecule has 1 aromatic carbocycles. The zero-order valence-electron chi connectivity index (χ0n) is 11.8. The molecule has 1 amide bonds. The molecular weight excluding hydrogens is 270 g/mol. The Morgan fingerprint density at radius 3 is 2.90 bits per heavy atom. The lowest BCUT2D eigenvalue weighted by atomic mass is 10.3. The van der Waals surface area contributed by atoms with Gasteiger partial charge >= 0.3 is 0 Å². The summed E-state index contributed by atoms with van der Waals surface area (Å²) in [7, 11) is 0. The van der Waals surface area contributed by atoms with Crippen LogP contribution in [0.2, 0.25) is 0 Å². The maximum atomic E-state index is 11.7. The van der Waals surface area contributed by atoms with Crippen LogP contribution in [0.5, 0.6) is 0 Å². The highest BCUT2D eigenvalue weighted by atomic mass is 32.1. The third-order valence-corrected chi connectivity index (χ3v) is 4.05. The second-order valence-corrected chi connectivity index (χ2v) is 5.79. The molecule has 20 heavy (non-hydrogen) atoms. The van der Waals surface area contributed by atoms with E-state index in [9.17, 15) is 4.79 Å². The SMILES string of the molecule is CCCNCCNC(=O)CCc1nc2ccccc2s1. The van der Waals surface area contributed by atoms with E-state index in [1.807, 2.05) is 18.2 Å². The maximum absolute atomic E-state index is 11.7. The molecule has 1 aromatic heterocycles. The third kappa shape index (κ3) is 4.58. The minimum Gasteiger partial charge on any atom is -0.355 e. The van der Waals surface area contributed by atoms with E-state index in [2.05, 4.69) is 28.6 Å². The number of hydrogen-bond acceptors (Lipinski definition) is 4. The van der Waals surface area contributed by atoms with Gasteiger partial charge in [-0.1, -0.05) is 19.1 Å². The van der Waals surface area contributed by atoms with E-state index in [0.29, 0.717) is 19.4 Å². The van der Waals surface area contributed by atoms with Gasteiger partial charge in [-0.2, -0.15) is 0 Å². The van der Waals surface area contributed by atoms with Crippen LogP contribution in [0.15, 0.2) is 24.3 Å². The Bertz CT molecular complexity index is 520. The van der Waals surface area contributed by atoms with Crippen molar-refractivity contribution in [1.29, 1.82) is 0 Å². The molecule has 0 atom stereocenters. The molecule has 108 valence electrons. The van der Waals surface area contributed by atoms with Gasteiger partial charge in [0.1, 0.15) is 0 Å². The van der Waals surface area contributed by atoms with Crippen LogP contribution in [0.4, 0.5) is 0 Å². The molecule has 0 unspecified atom stereocenters. The lowest BCUT2D eigenvalue weighted by Gasteiger charge is -2.05. The van der Waals surface area contributed by atoms with Crippen molar-refractivity contribution in [3.63, 3.8) is 0 Å². The molecule has 2 rings (SSSR count). The fourth-order valence-corrected chi connectivity index (χ4v) is 2.89. The van der Waals surface area contributed by atoms with Gasteiger partial charge in [0.25, 0.3) is 0 Å². The number of aryl methyl sites for hydroxylation is 1. The summed E-state index contributed by atoms with van der Waals surface area (Å²) in [5.41, 5.74) is 1.02. The van der Waals surface area contributed by atoms with Gasteiger partial charge in [0.15, 0.2) is 0 Å². The van der Waals surface area contributed by atoms with Crippen LogP contribution >= 0.6 is 11.3 Å². The first kappa shape index (κ1) is 14.9. The molecule has 0 saturated heterocycles. The highest BCUT2D eigenvalue weighted by molar-refractivity contribution is 7.18. The molecule has 2 aromatic rings. The van der Waals surface area contributed by atoms with Crippen molar-refractivity contribution >= 4 is 27.5 Å². The molecule has 0 bridgehead atoms. The molecule has 0 aliphatic rings. The van der Waals surface area contributed by atoms with Gasteiger partial charge < -0.3 is 10.6 Å². The van der Waals surface area contributed by atoms with Gasteiger partial charge in [0, 0.05) is 25.9 Å². The summed E-state index contributed by atoms with van der Waals surface area (Å²) in [5.74, 6) is 0.0996. The van der Waals surface area contributed by atoms with Gasteiger partial charge in [-0.15, -0.1) is 11.3 Å². The summed E-state index contributed by atoms with van der Waals surface area (Å²) in [4.78, 5) is 16.2. The first-order chi connectivity index (χ1) is 9.79. The summed E-state index contributed by atoms with van der Waals surface area (Å²) in [6.07, 6.45) is 2.34. The van der Waals surface area contributed by atoms with Crippen molar-refractivity contribution < 1.29 is 4.79 Å². The molecule has 0 spiro atoms. The van der Waals surface area contributed by atoms with E-state index in [1.165, 1.54) is 4.70 Å². The number of nitrogens with one attached hydrogen (secondary N) is 2. The predicted octanol–water partition coefficient (Wildman–Crippen LogP) is 2.34. The number of hydrogen-bond donors (Lipinski definition) is 2. The Hall–Kier alpha value is -1.46. The van der Waals surface area contributed by atoms with Crippen molar-refractivity contribution in [2.45, 2.75) is 26.2 Å². The number of benzene rings is 1. The van der Waals surface area contributed by atoms with Crippen LogP contribution in [-0.2, 0) is 11.2 Å². The monoisotopic (exact) mass is 291 g/mol. The number of rotatable bonds is 8. The molecule has 0 aliphatic carbocycles. The first-order valence-corrected chi connectivity index (χ1v) is 7.93. The van der Waals surface area contributed by atoms with E-state index in [1.54, 1.807) is 11.3 Å². The van der Waals surface area contributed by atoms with E-state index in [4.69, 9.17) is 0 Å². The number of thiazole rings is 1. The summed E-state index contributed by atoms with van der Waals surface area (Å²) < 4.78 is 1.19. The van der Waals surface area contributed by atoms with Crippen molar-refractivity contribution in [3.05, 3.63) is 29.3 Å². The zero-order valence-corrected chi connectivity index (χ0v) is 12.6. The molecular formula is C15H21N3OS. The van der Waals surface area contributed by atoms with Crippen molar-refractivity contribution in [1.82, 2.24) is 15.6 Å². The van der Waals surface area contributed by atoms with Crippen molar-refractivity contribution in [3.8, 4) is 0 Å². The molecule has 1 heterocycles. The number of carbonyl (C=O) groups is 1. The predicted molar refractivity (Wildman–Crippen MR) is 84.1 cm³/mol. The van der Waals surface area contributed by atoms with E-state index >= 15 is 0 Å². The van der Waals surface area contributed by atoms with Crippen LogP contribution in [0.3, 0.4) is 0 Å².